The summed E-state index contributed by atoms with van der Waals surface area (Å²) in [7, 11) is 0. The molecule has 8 nitrogen and oxygen atoms in total. The Morgan fingerprint density at radius 1 is 1.17 bits per heavy atom. The molecule has 0 spiro atoms. The Labute approximate surface area is 216 Å². The molecule has 1 fully saturated rings. The average Bonchev–Trinajstić information content (AvgIpc) is 2.91. The first-order chi connectivity index (χ1) is 17.6. The molecule has 1 aromatic heterocycles. The van der Waals surface area contributed by atoms with Crippen LogP contribution in [0, 0.1) is 0 Å². The largest absolute Gasteiger partial charge is 0.353 e. The molecule has 1 aliphatic heterocycles. The highest BCUT2D eigenvalue weighted by molar-refractivity contribution is 7.76. The molecular formula is C27H37N3O5S. The van der Waals surface area contributed by atoms with Gasteiger partial charge in [0.25, 0.3) is 0 Å². The number of aromatic nitrogens is 1. The van der Waals surface area contributed by atoms with Gasteiger partial charge in [0.2, 0.25) is 17.2 Å². The van der Waals surface area contributed by atoms with Crippen LogP contribution >= 0.6 is 0 Å². The Bertz CT molecular complexity index is 939. The molecule has 0 saturated carbocycles. The van der Waals surface area contributed by atoms with E-state index in [-0.39, 0.29) is 12.2 Å². The topological polar surface area (TPSA) is 101 Å². The summed E-state index contributed by atoms with van der Waals surface area (Å²) in [6.45, 7) is 1.70. The summed E-state index contributed by atoms with van der Waals surface area (Å²) in [5.74, 6) is -0.117. The first-order valence-electron chi connectivity index (χ1n) is 12.7. The standard InChI is InChI=1S/C27H37N3O5S/c31-25(17-16-23-12-11-18-28-22-23)29-19-8-2-1-3-9-20-30(36(32)33)27(24-13-5-4-6-14-24)35-26-15-7-10-21-34-26/h4-6,11-14,16-18,22,26-27H,1-3,7-10,15,19-21H2,(H,29,31)(H,32,33). The summed E-state index contributed by atoms with van der Waals surface area (Å²) in [4.78, 5) is 15.9. The van der Waals surface area contributed by atoms with Gasteiger partial charge in [-0.05, 0) is 55.4 Å². The predicted molar refractivity (Wildman–Crippen MR) is 141 cm³/mol. The third-order valence-corrected chi connectivity index (χ3v) is 6.71. The smallest absolute Gasteiger partial charge is 0.243 e. The molecular weight excluding hydrogens is 478 g/mol. The number of ether oxygens (including phenoxy) is 2. The quantitative estimate of drug-likeness (QED) is 0.152. The van der Waals surface area contributed by atoms with Crippen molar-refractivity contribution in [1.29, 1.82) is 0 Å². The van der Waals surface area contributed by atoms with Crippen LogP contribution in [-0.4, -0.2) is 49.9 Å². The van der Waals surface area contributed by atoms with E-state index in [0.717, 1.165) is 62.5 Å². The Kier molecular flexibility index (Phi) is 12.8. The van der Waals surface area contributed by atoms with Gasteiger partial charge < -0.3 is 14.8 Å². The fourth-order valence-corrected chi connectivity index (χ4v) is 4.63. The number of rotatable bonds is 15. The fraction of sp³-hybridized carbons (Fsp3) is 0.481. The van der Waals surface area contributed by atoms with Gasteiger partial charge >= 0.3 is 0 Å². The lowest BCUT2D eigenvalue weighted by atomic mass is 10.1. The van der Waals surface area contributed by atoms with E-state index in [1.54, 1.807) is 18.5 Å². The highest BCUT2D eigenvalue weighted by Crippen LogP contribution is 2.28. The lowest BCUT2D eigenvalue weighted by Gasteiger charge is -2.33. The van der Waals surface area contributed by atoms with Gasteiger partial charge in [-0.15, -0.1) is 0 Å². The van der Waals surface area contributed by atoms with Crippen molar-refractivity contribution in [3.05, 3.63) is 72.1 Å². The molecule has 196 valence electrons. The van der Waals surface area contributed by atoms with Crippen molar-refractivity contribution in [3.63, 3.8) is 0 Å². The molecule has 3 atom stereocenters. The second-order valence-corrected chi connectivity index (χ2v) is 9.68. The molecule has 1 aromatic carbocycles. The summed E-state index contributed by atoms with van der Waals surface area (Å²) in [5.41, 5.74) is 1.72. The fourth-order valence-electron chi connectivity index (χ4n) is 4.01. The van der Waals surface area contributed by atoms with Crippen LogP contribution in [0.5, 0.6) is 0 Å². The maximum Gasteiger partial charge on any atom is 0.243 e. The van der Waals surface area contributed by atoms with E-state index < -0.39 is 17.5 Å². The van der Waals surface area contributed by atoms with Gasteiger partial charge in [-0.2, -0.15) is 4.31 Å². The Morgan fingerprint density at radius 2 is 1.97 bits per heavy atom. The molecule has 2 aromatic rings. The van der Waals surface area contributed by atoms with Crippen molar-refractivity contribution in [3.8, 4) is 0 Å². The first-order valence-corrected chi connectivity index (χ1v) is 13.8. The maximum atomic E-state index is 12.2. The number of pyridine rings is 1. The summed E-state index contributed by atoms with van der Waals surface area (Å²) in [5, 5.41) is 2.89. The molecule has 1 aliphatic rings. The summed E-state index contributed by atoms with van der Waals surface area (Å²) in [6, 6.07) is 13.3. The van der Waals surface area contributed by atoms with Gasteiger partial charge in [0.15, 0.2) is 12.5 Å². The molecule has 1 amide bonds. The van der Waals surface area contributed by atoms with Crippen molar-refractivity contribution >= 4 is 23.2 Å². The maximum absolute atomic E-state index is 12.2. The third-order valence-electron chi connectivity index (χ3n) is 5.93. The zero-order chi connectivity index (χ0) is 25.4. The number of hydrogen-bond donors (Lipinski definition) is 2. The van der Waals surface area contributed by atoms with Crippen LogP contribution in [0.4, 0.5) is 0 Å². The molecule has 36 heavy (non-hydrogen) atoms. The normalized spacial score (nSPS) is 17.8. The van der Waals surface area contributed by atoms with Crippen molar-refractivity contribution in [2.24, 2.45) is 0 Å². The summed E-state index contributed by atoms with van der Waals surface area (Å²) in [6.07, 6.45) is 13.0. The minimum absolute atomic E-state index is 0.117. The van der Waals surface area contributed by atoms with E-state index in [9.17, 15) is 13.6 Å². The number of unbranched alkanes of at least 4 members (excludes halogenated alkanes) is 4. The molecule has 2 N–H and O–H groups in total. The SMILES string of the molecule is O=C(C=Cc1cccnc1)NCCCCCCCN(C(OC1CCCCO1)c1ccccc1)S(=O)O. The predicted octanol–water partition coefficient (Wildman–Crippen LogP) is 4.84. The van der Waals surface area contributed by atoms with Crippen LogP contribution in [0.25, 0.3) is 6.08 Å². The highest BCUT2D eigenvalue weighted by atomic mass is 32.2. The molecule has 2 heterocycles. The van der Waals surface area contributed by atoms with Gasteiger partial charge in [0.05, 0.1) is 0 Å². The lowest BCUT2D eigenvalue weighted by Crippen LogP contribution is -2.37. The Hall–Kier alpha value is -2.43. The monoisotopic (exact) mass is 515 g/mol. The number of nitrogens with one attached hydrogen (secondary N) is 1. The number of hydrogen-bond acceptors (Lipinski definition) is 5. The number of carbonyl (C=O) groups excluding carboxylic acids is 1. The van der Waals surface area contributed by atoms with Gasteiger partial charge in [0.1, 0.15) is 0 Å². The number of carbonyl (C=O) groups is 1. The van der Waals surface area contributed by atoms with E-state index in [1.165, 1.54) is 10.4 Å². The summed E-state index contributed by atoms with van der Waals surface area (Å²) < 4.78 is 35.7. The van der Waals surface area contributed by atoms with Crippen molar-refractivity contribution in [1.82, 2.24) is 14.6 Å². The van der Waals surface area contributed by atoms with Crippen LogP contribution in [0.1, 0.15) is 68.7 Å². The van der Waals surface area contributed by atoms with Gasteiger partial charge in [-0.1, -0.05) is 55.7 Å². The molecule has 0 aliphatic carbocycles. The molecule has 0 bridgehead atoms. The number of nitrogens with zero attached hydrogens (tertiary/aromatic N) is 2. The minimum Gasteiger partial charge on any atom is -0.353 e. The van der Waals surface area contributed by atoms with Crippen LogP contribution in [0.15, 0.2) is 60.9 Å². The first kappa shape index (κ1) is 28.1. The number of benzene rings is 1. The zero-order valence-electron chi connectivity index (χ0n) is 20.7. The van der Waals surface area contributed by atoms with E-state index in [1.807, 2.05) is 42.5 Å². The van der Waals surface area contributed by atoms with Crippen LogP contribution in [0.3, 0.4) is 0 Å². The molecule has 3 unspecified atom stereocenters. The van der Waals surface area contributed by atoms with Crippen molar-refractivity contribution in [2.45, 2.75) is 63.9 Å². The van der Waals surface area contributed by atoms with E-state index in [4.69, 9.17) is 9.47 Å². The van der Waals surface area contributed by atoms with E-state index in [0.29, 0.717) is 19.7 Å². The highest BCUT2D eigenvalue weighted by Gasteiger charge is 2.29. The Morgan fingerprint density at radius 3 is 2.69 bits per heavy atom. The third kappa shape index (κ3) is 10.3. The number of amides is 1. The average molecular weight is 516 g/mol. The van der Waals surface area contributed by atoms with Gasteiger partial charge in [-0.3, -0.25) is 14.3 Å². The zero-order valence-corrected chi connectivity index (χ0v) is 21.5. The van der Waals surface area contributed by atoms with Gasteiger partial charge in [0, 0.05) is 38.2 Å². The van der Waals surface area contributed by atoms with Crippen LogP contribution in [-0.2, 0) is 25.5 Å². The van der Waals surface area contributed by atoms with Crippen LogP contribution in [0.2, 0.25) is 0 Å². The Balaban J connectivity index is 1.37. The molecule has 9 heteroatoms. The van der Waals surface area contributed by atoms with Crippen molar-refractivity contribution in [2.75, 3.05) is 19.7 Å². The lowest BCUT2D eigenvalue weighted by molar-refractivity contribution is -0.211. The molecule has 1 saturated heterocycles. The van der Waals surface area contributed by atoms with E-state index >= 15 is 0 Å². The summed E-state index contributed by atoms with van der Waals surface area (Å²) >= 11 is -2.17. The molecule has 0 radical (unpaired) electrons. The molecule has 3 rings (SSSR count). The van der Waals surface area contributed by atoms with Gasteiger partial charge in [-0.25, -0.2) is 4.21 Å². The minimum atomic E-state index is -2.17. The second-order valence-electron chi connectivity index (χ2n) is 8.75. The second kappa shape index (κ2) is 16.3. The van der Waals surface area contributed by atoms with Crippen molar-refractivity contribution < 1.29 is 23.0 Å². The van der Waals surface area contributed by atoms with E-state index in [2.05, 4.69) is 10.3 Å². The van der Waals surface area contributed by atoms with Crippen LogP contribution < -0.4 is 5.32 Å².